The summed E-state index contributed by atoms with van der Waals surface area (Å²) in [5, 5.41) is 5.54. The molecule has 4 heteroatoms. The zero-order chi connectivity index (χ0) is 12.5. The van der Waals surface area contributed by atoms with Crippen molar-refractivity contribution in [3.8, 4) is 0 Å². The molecular formula is C14H16N2O2. The van der Waals surface area contributed by atoms with Crippen LogP contribution >= 0.6 is 0 Å². The first-order valence-corrected chi connectivity index (χ1v) is 6.45. The second-order valence-electron chi connectivity index (χ2n) is 4.96. The first kappa shape index (κ1) is 11.3. The van der Waals surface area contributed by atoms with Crippen LogP contribution in [0, 0.1) is 0 Å². The fourth-order valence-electron chi connectivity index (χ4n) is 2.77. The lowest BCUT2D eigenvalue weighted by atomic mass is 9.90. The second kappa shape index (κ2) is 4.44. The number of amides is 2. The average molecular weight is 244 g/mol. The van der Waals surface area contributed by atoms with Crippen molar-refractivity contribution in [2.75, 3.05) is 5.32 Å². The quantitative estimate of drug-likeness (QED) is 0.773. The van der Waals surface area contributed by atoms with Crippen molar-refractivity contribution in [2.24, 2.45) is 0 Å². The normalized spacial score (nSPS) is 22.6. The molecule has 0 spiro atoms. The SMILES string of the molecule is O=C1CC(Nc2cccc3c2CCCC3)C(=O)N1. The van der Waals surface area contributed by atoms with Gasteiger partial charge in [-0.05, 0) is 42.9 Å². The van der Waals surface area contributed by atoms with E-state index >= 15 is 0 Å². The molecule has 1 heterocycles. The van der Waals surface area contributed by atoms with Gasteiger partial charge in [0.05, 0.1) is 6.42 Å². The summed E-state index contributed by atoms with van der Waals surface area (Å²) in [5.74, 6) is -0.407. The summed E-state index contributed by atoms with van der Waals surface area (Å²) in [4.78, 5) is 22.7. The third-order valence-electron chi connectivity index (χ3n) is 3.69. The smallest absolute Gasteiger partial charge is 0.249 e. The van der Waals surface area contributed by atoms with E-state index in [0.717, 1.165) is 18.5 Å². The predicted molar refractivity (Wildman–Crippen MR) is 68.3 cm³/mol. The van der Waals surface area contributed by atoms with Gasteiger partial charge in [-0.15, -0.1) is 0 Å². The minimum atomic E-state index is -0.411. The van der Waals surface area contributed by atoms with Crippen LogP contribution in [0.2, 0.25) is 0 Å². The first-order chi connectivity index (χ1) is 8.74. The van der Waals surface area contributed by atoms with Gasteiger partial charge in [-0.3, -0.25) is 14.9 Å². The van der Waals surface area contributed by atoms with E-state index in [1.807, 2.05) is 12.1 Å². The monoisotopic (exact) mass is 244 g/mol. The largest absolute Gasteiger partial charge is 0.373 e. The Bertz CT molecular complexity index is 511. The van der Waals surface area contributed by atoms with Gasteiger partial charge in [-0.25, -0.2) is 0 Å². The highest BCUT2D eigenvalue weighted by Gasteiger charge is 2.30. The average Bonchev–Trinajstić information content (AvgIpc) is 2.68. The molecule has 1 unspecified atom stereocenters. The molecule has 1 aromatic rings. The van der Waals surface area contributed by atoms with Crippen molar-refractivity contribution in [1.82, 2.24) is 5.32 Å². The molecule has 1 atom stereocenters. The number of anilines is 1. The summed E-state index contributed by atoms with van der Waals surface area (Å²) < 4.78 is 0. The fraction of sp³-hybridized carbons (Fsp3) is 0.429. The zero-order valence-corrected chi connectivity index (χ0v) is 10.2. The van der Waals surface area contributed by atoms with E-state index in [4.69, 9.17) is 0 Å². The van der Waals surface area contributed by atoms with E-state index in [1.165, 1.54) is 24.0 Å². The summed E-state index contributed by atoms with van der Waals surface area (Å²) in [5.41, 5.74) is 3.70. The van der Waals surface area contributed by atoms with Crippen molar-refractivity contribution in [2.45, 2.75) is 38.1 Å². The van der Waals surface area contributed by atoms with Gasteiger partial charge in [0.25, 0.3) is 0 Å². The van der Waals surface area contributed by atoms with E-state index in [1.54, 1.807) is 0 Å². The van der Waals surface area contributed by atoms with Crippen LogP contribution < -0.4 is 10.6 Å². The van der Waals surface area contributed by atoms with E-state index in [-0.39, 0.29) is 18.2 Å². The summed E-state index contributed by atoms with van der Waals surface area (Å²) in [7, 11) is 0. The minimum Gasteiger partial charge on any atom is -0.373 e. The lowest BCUT2D eigenvalue weighted by molar-refractivity contribution is -0.124. The predicted octanol–water partition coefficient (Wildman–Crippen LogP) is 1.39. The molecule has 0 radical (unpaired) electrons. The molecule has 0 bridgehead atoms. The molecule has 1 saturated heterocycles. The van der Waals surface area contributed by atoms with Crippen LogP contribution in [0.25, 0.3) is 0 Å². The van der Waals surface area contributed by atoms with Gasteiger partial charge in [0.15, 0.2) is 0 Å². The number of rotatable bonds is 2. The van der Waals surface area contributed by atoms with Crippen LogP contribution in [0.5, 0.6) is 0 Å². The molecule has 1 fully saturated rings. The summed E-state index contributed by atoms with van der Waals surface area (Å²) in [6.45, 7) is 0. The van der Waals surface area contributed by atoms with Gasteiger partial charge in [-0.1, -0.05) is 12.1 Å². The maximum atomic E-state index is 11.6. The number of carbonyl (C=O) groups is 2. The van der Waals surface area contributed by atoms with Crippen molar-refractivity contribution in [3.63, 3.8) is 0 Å². The Morgan fingerprint density at radius 3 is 2.78 bits per heavy atom. The summed E-state index contributed by atoms with van der Waals surface area (Å²) >= 11 is 0. The van der Waals surface area contributed by atoms with Crippen LogP contribution in [0.1, 0.15) is 30.4 Å². The maximum absolute atomic E-state index is 11.6. The lowest BCUT2D eigenvalue weighted by Gasteiger charge is -2.21. The second-order valence-corrected chi connectivity index (χ2v) is 4.96. The zero-order valence-electron chi connectivity index (χ0n) is 10.2. The summed E-state index contributed by atoms with van der Waals surface area (Å²) in [6, 6.07) is 5.76. The fourth-order valence-corrected chi connectivity index (χ4v) is 2.77. The number of nitrogens with one attached hydrogen (secondary N) is 2. The molecule has 2 N–H and O–H groups in total. The minimum absolute atomic E-state index is 0.192. The van der Waals surface area contributed by atoms with Crippen molar-refractivity contribution < 1.29 is 9.59 Å². The first-order valence-electron chi connectivity index (χ1n) is 6.45. The molecule has 2 amide bonds. The Morgan fingerprint density at radius 2 is 2.00 bits per heavy atom. The van der Waals surface area contributed by atoms with Crippen LogP contribution in [0.15, 0.2) is 18.2 Å². The molecule has 0 aromatic heterocycles. The molecule has 0 saturated carbocycles. The number of hydrogen-bond donors (Lipinski definition) is 2. The Labute approximate surface area is 106 Å². The molecule has 2 aliphatic rings. The third kappa shape index (κ3) is 1.98. The molecular weight excluding hydrogens is 228 g/mol. The van der Waals surface area contributed by atoms with Gasteiger partial charge in [-0.2, -0.15) is 0 Å². The van der Waals surface area contributed by atoms with Gasteiger partial charge >= 0.3 is 0 Å². The van der Waals surface area contributed by atoms with Gasteiger partial charge < -0.3 is 5.32 Å². The molecule has 1 aliphatic heterocycles. The number of carbonyl (C=O) groups excluding carboxylic acids is 2. The lowest BCUT2D eigenvalue weighted by Crippen LogP contribution is -2.30. The summed E-state index contributed by atoms with van der Waals surface area (Å²) in [6.07, 6.45) is 4.84. The third-order valence-corrected chi connectivity index (χ3v) is 3.69. The van der Waals surface area contributed by atoms with Crippen molar-refractivity contribution in [1.29, 1.82) is 0 Å². The highest BCUT2D eigenvalue weighted by Crippen LogP contribution is 2.28. The Morgan fingerprint density at radius 1 is 1.17 bits per heavy atom. The number of aryl methyl sites for hydroxylation is 1. The molecule has 18 heavy (non-hydrogen) atoms. The van der Waals surface area contributed by atoms with Crippen LogP contribution in [0.3, 0.4) is 0 Å². The standard InChI is InChI=1S/C14H16N2O2/c17-13-8-12(14(18)16-13)15-11-7-3-5-9-4-1-2-6-10(9)11/h3,5,7,12,15H,1-2,4,6,8H2,(H,16,17,18). The number of hydrogen-bond acceptors (Lipinski definition) is 3. The molecule has 3 rings (SSSR count). The van der Waals surface area contributed by atoms with E-state index < -0.39 is 6.04 Å². The molecule has 1 aliphatic carbocycles. The number of fused-ring (bicyclic) bond motifs is 1. The van der Waals surface area contributed by atoms with Gasteiger partial charge in [0.1, 0.15) is 6.04 Å². The van der Waals surface area contributed by atoms with E-state index in [0.29, 0.717) is 0 Å². The van der Waals surface area contributed by atoms with E-state index in [2.05, 4.69) is 16.7 Å². The van der Waals surface area contributed by atoms with Crippen molar-refractivity contribution in [3.05, 3.63) is 29.3 Å². The molecule has 94 valence electrons. The van der Waals surface area contributed by atoms with Crippen molar-refractivity contribution >= 4 is 17.5 Å². The number of benzene rings is 1. The highest BCUT2D eigenvalue weighted by molar-refractivity contribution is 6.06. The number of imide groups is 1. The van der Waals surface area contributed by atoms with Gasteiger partial charge in [0, 0.05) is 5.69 Å². The molecule has 1 aromatic carbocycles. The van der Waals surface area contributed by atoms with Crippen LogP contribution in [-0.4, -0.2) is 17.9 Å². The maximum Gasteiger partial charge on any atom is 0.249 e. The topological polar surface area (TPSA) is 58.2 Å². The van der Waals surface area contributed by atoms with Gasteiger partial charge in [0.2, 0.25) is 11.8 Å². The Balaban J connectivity index is 1.84. The highest BCUT2D eigenvalue weighted by atomic mass is 16.2. The Kier molecular flexibility index (Phi) is 2.78. The van der Waals surface area contributed by atoms with E-state index in [9.17, 15) is 9.59 Å². The van der Waals surface area contributed by atoms with Crippen LogP contribution in [0.4, 0.5) is 5.69 Å². The molecule has 4 nitrogen and oxygen atoms in total. The van der Waals surface area contributed by atoms with Crippen LogP contribution in [-0.2, 0) is 22.4 Å². The Hall–Kier alpha value is -1.84.